The third-order valence-corrected chi connectivity index (χ3v) is 1.72. The van der Waals surface area contributed by atoms with Crippen LogP contribution in [0.2, 0.25) is 5.02 Å². The van der Waals surface area contributed by atoms with Crippen molar-refractivity contribution in [1.29, 1.82) is 0 Å². The van der Waals surface area contributed by atoms with Gasteiger partial charge in [0.1, 0.15) is 5.69 Å². The molecule has 0 N–H and O–H groups in total. The number of halogens is 3. The van der Waals surface area contributed by atoms with Crippen LogP contribution in [0.4, 0.5) is 8.78 Å². The third-order valence-electron chi connectivity index (χ3n) is 1.40. The highest BCUT2D eigenvalue weighted by atomic mass is 35.5. The molecule has 6 heteroatoms. The number of aromatic nitrogens is 2. The minimum Gasteiger partial charge on any atom is -0.375 e. The lowest BCUT2D eigenvalue weighted by atomic mass is 10.5. The molecule has 0 radical (unpaired) electrons. The summed E-state index contributed by atoms with van der Waals surface area (Å²) < 4.78 is 29.7. The molecule has 0 spiro atoms. The first-order valence-electron chi connectivity index (χ1n) is 3.74. The highest BCUT2D eigenvalue weighted by Gasteiger charge is 2.12. The van der Waals surface area contributed by atoms with E-state index in [1.54, 1.807) is 6.92 Å². The number of hydrogen-bond acceptors (Lipinski definition) is 2. The maximum absolute atomic E-state index is 12.1. The van der Waals surface area contributed by atoms with Gasteiger partial charge in [-0.2, -0.15) is 13.9 Å². The maximum Gasteiger partial charge on any atom is 0.333 e. The van der Waals surface area contributed by atoms with E-state index in [1.165, 1.54) is 0 Å². The van der Waals surface area contributed by atoms with Gasteiger partial charge in [-0.15, -0.1) is 0 Å². The predicted octanol–water partition coefficient (Wildman–Crippen LogP) is 2.47. The fourth-order valence-electron chi connectivity index (χ4n) is 0.803. The van der Waals surface area contributed by atoms with Crippen LogP contribution in [0.5, 0.6) is 0 Å². The summed E-state index contributed by atoms with van der Waals surface area (Å²) in [6.45, 7) is -0.196. The van der Waals surface area contributed by atoms with Crippen molar-refractivity contribution in [1.82, 2.24) is 9.78 Å². The molecule has 13 heavy (non-hydrogen) atoms. The molecule has 1 aromatic rings. The van der Waals surface area contributed by atoms with Gasteiger partial charge < -0.3 is 4.74 Å². The van der Waals surface area contributed by atoms with Gasteiger partial charge in [0, 0.05) is 12.8 Å². The topological polar surface area (TPSA) is 27.1 Å². The lowest BCUT2D eigenvalue weighted by Crippen LogP contribution is -2.00. The predicted molar refractivity (Wildman–Crippen MR) is 43.8 cm³/mol. The Morgan fingerprint density at radius 3 is 2.85 bits per heavy atom. The van der Waals surface area contributed by atoms with Gasteiger partial charge in [0.05, 0.1) is 11.6 Å². The van der Waals surface area contributed by atoms with E-state index in [0.717, 1.165) is 6.20 Å². The zero-order chi connectivity index (χ0) is 9.84. The average Bonchev–Trinajstić information content (AvgIpc) is 2.44. The van der Waals surface area contributed by atoms with Crippen LogP contribution in [0.25, 0.3) is 0 Å². The maximum atomic E-state index is 12.1. The molecule has 1 heterocycles. The second kappa shape index (κ2) is 4.53. The van der Waals surface area contributed by atoms with E-state index >= 15 is 0 Å². The van der Waals surface area contributed by atoms with Gasteiger partial charge in [0.2, 0.25) is 0 Å². The van der Waals surface area contributed by atoms with Gasteiger partial charge in [-0.3, -0.25) is 0 Å². The molecular formula is C7H9ClF2N2O. The molecular weight excluding hydrogens is 202 g/mol. The molecule has 0 atom stereocenters. The Kier molecular flexibility index (Phi) is 3.62. The average molecular weight is 211 g/mol. The monoisotopic (exact) mass is 210 g/mol. The first-order chi connectivity index (χ1) is 6.15. The quantitative estimate of drug-likeness (QED) is 0.764. The Morgan fingerprint density at radius 1 is 1.69 bits per heavy atom. The van der Waals surface area contributed by atoms with Crippen molar-refractivity contribution in [2.45, 2.75) is 20.1 Å². The lowest BCUT2D eigenvalue weighted by molar-refractivity contribution is 0.0545. The Balaban J connectivity index is 2.71. The second-order valence-electron chi connectivity index (χ2n) is 2.32. The largest absolute Gasteiger partial charge is 0.375 e. The minimum absolute atomic E-state index is 0.162. The number of alkyl halides is 2. The summed E-state index contributed by atoms with van der Waals surface area (Å²) in [4.78, 5) is 0. The van der Waals surface area contributed by atoms with Crippen molar-refractivity contribution in [3.8, 4) is 0 Å². The fourth-order valence-corrected chi connectivity index (χ4v) is 0.996. The molecule has 74 valence electrons. The van der Waals surface area contributed by atoms with E-state index in [2.05, 4.69) is 5.10 Å². The Morgan fingerprint density at radius 2 is 2.38 bits per heavy atom. The third kappa shape index (κ3) is 2.63. The molecule has 1 rings (SSSR count). The van der Waals surface area contributed by atoms with Crippen LogP contribution in [-0.4, -0.2) is 16.4 Å². The number of rotatable bonds is 4. The van der Waals surface area contributed by atoms with Crippen molar-refractivity contribution in [3.05, 3.63) is 16.9 Å². The minimum atomic E-state index is -2.66. The number of hydrogen-bond donors (Lipinski definition) is 0. The summed E-state index contributed by atoms with van der Waals surface area (Å²) in [5.41, 5.74) is 0.337. The number of nitrogens with zero attached hydrogens (tertiary/aromatic N) is 2. The van der Waals surface area contributed by atoms with Gasteiger partial charge in [0.15, 0.2) is 0 Å². The Hall–Kier alpha value is -0.680. The molecule has 0 saturated carbocycles. The van der Waals surface area contributed by atoms with E-state index in [4.69, 9.17) is 16.3 Å². The summed E-state index contributed by atoms with van der Waals surface area (Å²) in [5.74, 6) is 0. The van der Waals surface area contributed by atoms with E-state index < -0.39 is 6.55 Å². The van der Waals surface area contributed by atoms with E-state index in [-0.39, 0.29) is 11.6 Å². The molecule has 0 unspecified atom stereocenters. The first kappa shape index (κ1) is 10.4. The molecule has 0 aliphatic carbocycles. The summed E-state index contributed by atoms with van der Waals surface area (Å²) in [5, 5.41) is 3.76. The van der Waals surface area contributed by atoms with Crippen LogP contribution in [0.1, 0.15) is 19.2 Å². The smallest absolute Gasteiger partial charge is 0.333 e. The fraction of sp³-hybridized carbons (Fsp3) is 0.571. The molecule has 1 aromatic heterocycles. The van der Waals surface area contributed by atoms with Crippen LogP contribution < -0.4 is 0 Å². The van der Waals surface area contributed by atoms with E-state index in [9.17, 15) is 8.78 Å². The van der Waals surface area contributed by atoms with Crippen molar-refractivity contribution >= 4 is 11.6 Å². The van der Waals surface area contributed by atoms with Gasteiger partial charge in [-0.25, -0.2) is 4.68 Å². The van der Waals surface area contributed by atoms with Gasteiger partial charge in [-0.1, -0.05) is 11.6 Å². The lowest BCUT2D eigenvalue weighted by Gasteiger charge is -1.97. The van der Waals surface area contributed by atoms with E-state index in [0.29, 0.717) is 17.0 Å². The van der Waals surface area contributed by atoms with Gasteiger partial charge >= 0.3 is 6.55 Å². The molecule has 3 nitrogen and oxygen atoms in total. The van der Waals surface area contributed by atoms with Crippen molar-refractivity contribution in [2.24, 2.45) is 0 Å². The molecule has 0 aliphatic rings. The molecule has 0 aliphatic heterocycles. The van der Waals surface area contributed by atoms with Gasteiger partial charge in [-0.05, 0) is 6.92 Å². The van der Waals surface area contributed by atoms with Crippen molar-refractivity contribution < 1.29 is 13.5 Å². The molecule has 0 bridgehead atoms. The summed E-state index contributed by atoms with van der Waals surface area (Å²) in [7, 11) is 0. The van der Waals surface area contributed by atoms with Crippen LogP contribution >= 0.6 is 11.6 Å². The Bertz CT molecular complexity index is 277. The normalized spacial score (nSPS) is 11.2. The van der Waals surface area contributed by atoms with Crippen LogP contribution in [-0.2, 0) is 11.3 Å². The van der Waals surface area contributed by atoms with Crippen LogP contribution in [0.15, 0.2) is 6.20 Å². The molecule has 0 fully saturated rings. The highest BCUT2D eigenvalue weighted by molar-refractivity contribution is 6.31. The summed E-state index contributed by atoms with van der Waals surface area (Å²) in [6.07, 6.45) is 1.08. The summed E-state index contributed by atoms with van der Waals surface area (Å²) in [6, 6.07) is 0. The van der Waals surface area contributed by atoms with E-state index in [1.807, 2.05) is 0 Å². The molecule has 0 aromatic carbocycles. The number of ether oxygens (including phenoxy) is 1. The second-order valence-corrected chi connectivity index (χ2v) is 2.73. The molecule has 0 saturated heterocycles. The van der Waals surface area contributed by atoms with Crippen molar-refractivity contribution in [2.75, 3.05) is 6.61 Å². The van der Waals surface area contributed by atoms with Crippen molar-refractivity contribution in [3.63, 3.8) is 0 Å². The van der Waals surface area contributed by atoms with Crippen LogP contribution in [0, 0.1) is 0 Å². The Labute approximate surface area is 79.2 Å². The SMILES string of the molecule is CCOCc1nn(C(F)F)cc1Cl. The zero-order valence-corrected chi connectivity index (χ0v) is 7.76. The van der Waals surface area contributed by atoms with Gasteiger partial charge in [0.25, 0.3) is 0 Å². The molecule has 0 amide bonds. The zero-order valence-electron chi connectivity index (χ0n) is 7.01. The summed E-state index contributed by atoms with van der Waals surface area (Å²) >= 11 is 5.63. The standard InChI is InChI=1S/C7H9ClF2N2O/c1-2-13-4-6-5(8)3-12(11-6)7(9)10/h3,7H,2,4H2,1H3. The van der Waals surface area contributed by atoms with Crippen LogP contribution in [0.3, 0.4) is 0 Å². The first-order valence-corrected chi connectivity index (χ1v) is 4.12. The highest BCUT2D eigenvalue weighted by Crippen LogP contribution is 2.18.